The summed E-state index contributed by atoms with van der Waals surface area (Å²) in [6.45, 7) is 0. The highest BCUT2D eigenvalue weighted by Gasteiger charge is 2.08. The van der Waals surface area contributed by atoms with Gasteiger partial charge in [-0.1, -0.05) is 35.9 Å². The summed E-state index contributed by atoms with van der Waals surface area (Å²) in [6.07, 6.45) is 2.64. The smallest absolute Gasteiger partial charge is 0.307 e. The van der Waals surface area contributed by atoms with Crippen molar-refractivity contribution in [2.24, 2.45) is 0 Å². The minimum Gasteiger partial charge on any atom is -0.506 e. The van der Waals surface area contributed by atoms with Gasteiger partial charge in [-0.3, -0.25) is 9.59 Å². The number of carboxylic acids is 1. The average molecular weight is 332 g/mol. The largest absolute Gasteiger partial charge is 0.506 e. The maximum absolute atomic E-state index is 11.9. The molecule has 0 aromatic heterocycles. The topological polar surface area (TPSA) is 86.6 Å². The zero-order chi connectivity index (χ0) is 16.8. The minimum absolute atomic E-state index is 0.140. The van der Waals surface area contributed by atoms with Crippen molar-refractivity contribution < 1.29 is 19.8 Å². The quantitative estimate of drug-likeness (QED) is 0.579. The molecule has 2 aromatic carbocycles. The number of halogens is 1. The van der Waals surface area contributed by atoms with Gasteiger partial charge >= 0.3 is 5.97 Å². The predicted molar refractivity (Wildman–Crippen MR) is 88.6 cm³/mol. The summed E-state index contributed by atoms with van der Waals surface area (Å²) >= 11 is 5.98. The number of carboxylic acid groups (broad SMARTS) is 1. The summed E-state index contributed by atoms with van der Waals surface area (Å²) in [6, 6.07) is 11.3. The number of phenols is 1. The van der Waals surface area contributed by atoms with Crippen LogP contribution in [0.25, 0.3) is 6.08 Å². The lowest BCUT2D eigenvalue weighted by Crippen LogP contribution is -2.09. The van der Waals surface area contributed by atoms with Crippen LogP contribution in [0.1, 0.15) is 11.1 Å². The van der Waals surface area contributed by atoms with Crippen molar-refractivity contribution in [2.75, 3.05) is 5.32 Å². The van der Waals surface area contributed by atoms with Crippen molar-refractivity contribution in [1.29, 1.82) is 0 Å². The maximum atomic E-state index is 11.9. The monoisotopic (exact) mass is 331 g/mol. The van der Waals surface area contributed by atoms with Gasteiger partial charge in [0.15, 0.2) is 0 Å². The van der Waals surface area contributed by atoms with Gasteiger partial charge in [-0.15, -0.1) is 0 Å². The molecule has 2 rings (SSSR count). The van der Waals surface area contributed by atoms with Crippen LogP contribution in [0, 0.1) is 0 Å². The number of aliphatic carboxylic acids is 1. The van der Waals surface area contributed by atoms with Crippen molar-refractivity contribution in [2.45, 2.75) is 6.42 Å². The number of phenolic OH excluding ortho intramolecular Hbond substituents is 1. The average Bonchev–Trinajstić information content (AvgIpc) is 2.49. The second-order valence-electron chi connectivity index (χ2n) is 4.77. The van der Waals surface area contributed by atoms with Crippen molar-refractivity contribution >= 4 is 35.2 Å². The second-order valence-corrected chi connectivity index (χ2v) is 5.17. The molecule has 0 aliphatic heterocycles. The highest BCUT2D eigenvalue weighted by atomic mass is 35.5. The van der Waals surface area contributed by atoms with Crippen LogP contribution >= 0.6 is 11.6 Å². The van der Waals surface area contributed by atoms with Gasteiger partial charge in [-0.05, 0) is 35.4 Å². The normalized spacial score (nSPS) is 10.7. The van der Waals surface area contributed by atoms with Gasteiger partial charge in [0.2, 0.25) is 5.91 Å². The number of amides is 1. The van der Waals surface area contributed by atoms with Crippen LogP contribution < -0.4 is 5.32 Å². The number of nitrogens with one attached hydrogen (secondary N) is 1. The summed E-state index contributed by atoms with van der Waals surface area (Å²) < 4.78 is 0. The van der Waals surface area contributed by atoms with Crippen LogP contribution in [0.5, 0.6) is 5.75 Å². The number of anilines is 1. The first-order chi connectivity index (χ1) is 11.0. The zero-order valence-corrected chi connectivity index (χ0v) is 12.7. The zero-order valence-electron chi connectivity index (χ0n) is 12.0. The van der Waals surface area contributed by atoms with Crippen LogP contribution in [0.3, 0.4) is 0 Å². The summed E-state index contributed by atoms with van der Waals surface area (Å²) in [4.78, 5) is 22.6. The number of rotatable bonds is 5. The van der Waals surface area contributed by atoms with Crippen LogP contribution in [0.2, 0.25) is 5.02 Å². The molecular weight excluding hydrogens is 318 g/mol. The van der Waals surface area contributed by atoms with Gasteiger partial charge in [0, 0.05) is 11.1 Å². The van der Waals surface area contributed by atoms with Crippen molar-refractivity contribution in [3.63, 3.8) is 0 Å². The third kappa shape index (κ3) is 4.86. The lowest BCUT2D eigenvalue weighted by molar-refractivity contribution is -0.136. The van der Waals surface area contributed by atoms with E-state index < -0.39 is 11.9 Å². The first kappa shape index (κ1) is 16.6. The van der Waals surface area contributed by atoms with Crippen LogP contribution in [0.15, 0.2) is 48.5 Å². The molecule has 118 valence electrons. The van der Waals surface area contributed by atoms with Crippen LogP contribution in [0.4, 0.5) is 5.69 Å². The molecule has 0 fully saturated rings. The molecule has 0 saturated heterocycles. The lowest BCUT2D eigenvalue weighted by atomic mass is 10.1. The molecule has 23 heavy (non-hydrogen) atoms. The third-order valence-corrected chi connectivity index (χ3v) is 3.34. The second kappa shape index (κ2) is 7.47. The number of hydrogen-bond acceptors (Lipinski definition) is 3. The Morgan fingerprint density at radius 2 is 1.91 bits per heavy atom. The number of aromatic hydroxyl groups is 1. The highest BCUT2D eigenvalue weighted by Crippen LogP contribution is 2.24. The molecule has 2 aromatic rings. The Kier molecular flexibility index (Phi) is 5.38. The number of carbonyl (C=O) groups excluding carboxylic acids is 1. The molecule has 0 atom stereocenters. The Hall–Kier alpha value is -2.79. The van der Waals surface area contributed by atoms with Crippen molar-refractivity contribution in [3.8, 4) is 5.75 Å². The molecule has 0 radical (unpaired) electrons. The lowest BCUT2D eigenvalue weighted by Gasteiger charge is -2.07. The summed E-state index contributed by atoms with van der Waals surface area (Å²) in [5.74, 6) is -1.60. The van der Waals surface area contributed by atoms with E-state index in [2.05, 4.69) is 5.32 Å². The van der Waals surface area contributed by atoms with E-state index in [-0.39, 0.29) is 17.9 Å². The van der Waals surface area contributed by atoms with E-state index in [1.807, 2.05) is 0 Å². The Labute approximate surface area is 137 Å². The Morgan fingerprint density at radius 1 is 1.17 bits per heavy atom. The first-order valence-corrected chi connectivity index (χ1v) is 7.11. The van der Waals surface area contributed by atoms with Crippen molar-refractivity contribution in [3.05, 3.63) is 64.7 Å². The molecule has 0 spiro atoms. The van der Waals surface area contributed by atoms with E-state index in [4.69, 9.17) is 16.7 Å². The van der Waals surface area contributed by atoms with E-state index in [0.29, 0.717) is 16.1 Å². The van der Waals surface area contributed by atoms with Crippen LogP contribution in [-0.2, 0) is 16.0 Å². The first-order valence-electron chi connectivity index (χ1n) is 6.73. The Balaban J connectivity index is 2.11. The van der Waals surface area contributed by atoms with Crippen LogP contribution in [-0.4, -0.2) is 22.1 Å². The molecule has 3 N–H and O–H groups in total. The standard InChI is InChI=1S/C17H14ClNO4/c18-13-4-2-1-3-12(13)6-8-16(21)19-14-9-11(10-17(22)23)5-7-15(14)20/h1-9,20H,10H2,(H,19,21)(H,22,23)/b8-6+. The fourth-order valence-electron chi connectivity index (χ4n) is 1.92. The fourth-order valence-corrected chi connectivity index (χ4v) is 2.12. The van der Waals surface area contributed by atoms with Gasteiger partial charge in [0.1, 0.15) is 5.75 Å². The van der Waals surface area contributed by atoms with Gasteiger partial charge in [-0.2, -0.15) is 0 Å². The van der Waals surface area contributed by atoms with E-state index in [0.717, 1.165) is 0 Å². The molecule has 0 saturated carbocycles. The summed E-state index contributed by atoms with van der Waals surface area (Å²) in [5.41, 5.74) is 1.31. The molecule has 0 unspecified atom stereocenters. The third-order valence-electron chi connectivity index (χ3n) is 2.99. The maximum Gasteiger partial charge on any atom is 0.307 e. The number of carbonyl (C=O) groups is 2. The van der Waals surface area contributed by atoms with E-state index in [1.165, 1.54) is 24.3 Å². The van der Waals surface area contributed by atoms with Gasteiger partial charge in [0.05, 0.1) is 12.1 Å². The number of hydrogen-bond donors (Lipinski definition) is 3. The molecule has 0 bridgehead atoms. The van der Waals surface area contributed by atoms with Gasteiger partial charge < -0.3 is 15.5 Å². The molecular formula is C17H14ClNO4. The molecule has 5 nitrogen and oxygen atoms in total. The Bertz CT molecular complexity index is 771. The van der Waals surface area contributed by atoms with Crippen molar-refractivity contribution in [1.82, 2.24) is 0 Å². The molecule has 0 heterocycles. The minimum atomic E-state index is -0.994. The Morgan fingerprint density at radius 3 is 2.61 bits per heavy atom. The molecule has 0 aliphatic carbocycles. The molecule has 0 aliphatic rings. The molecule has 1 amide bonds. The highest BCUT2D eigenvalue weighted by molar-refractivity contribution is 6.32. The van der Waals surface area contributed by atoms with E-state index in [9.17, 15) is 14.7 Å². The van der Waals surface area contributed by atoms with Gasteiger partial charge in [0.25, 0.3) is 0 Å². The molecule has 6 heteroatoms. The van der Waals surface area contributed by atoms with E-state index >= 15 is 0 Å². The summed E-state index contributed by atoms with van der Waals surface area (Å²) in [5, 5.41) is 21.5. The van der Waals surface area contributed by atoms with E-state index in [1.54, 1.807) is 30.3 Å². The SMILES string of the molecule is O=C(O)Cc1ccc(O)c(NC(=O)/C=C/c2ccccc2Cl)c1. The predicted octanol–water partition coefficient (Wildman–Crippen LogP) is 3.32. The fraction of sp³-hybridized carbons (Fsp3) is 0.0588. The number of benzene rings is 2. The summed E-state index contributed by atoms with van der Waals surface area (Å²) in [7, 11) is 0. The van der Waals surface area contributed by atoms with Gasteiger partial charge in [-0.25, -0.2) is 0 Å².